The lowest BCUT2D eigenvalue weighted by atomic mass is 9.84. The SMILES string of the molecule is CSc1ccc(C(=O)N2CCC(N3CC4(CCCCC4)OC3=O)CC2)s1. The van der Waals surface area contributed by atoms with E-state index in [0.29, 0.717) is 13.1 Å². The van der Waals surface area contributed by atoms with Gasteiger partial charge in [-0.2, -0.15) is 0 Å². The van der Waals surface area contributed by atoms with Crippen molar-refractivity contribution in [2.75, 3.05) is 25.9 Å². The van der Waals surface area contributed by atoms with E-state index in [4.69, 9.17) is 4.74 Å². The maximum absolute atomic E-state index is 12.7. The minimum atomic E-state index is -0.229. The van der Waals surface area contributed by atoms with Crippen LogP contribution in [0.15, 0.2) is 16.3 Å². The number of ether oxygens (including phenoxy) is 1. The van der Waals surface area contributed by atoms with Crippen LogP contribution in [-0.2, 0) is 4.74 Å². The first kappa shape index (κ1) is 18.2. The second-order valence-corrected chi connectivity index (χ2v) is 9.78. The number of rotatable bonds is 3. The topological polar surface area (TPSA) is 49.9 Å². The molecule has 3 aliphatic rings. The van der Waals surface area contributed by atoms with Gasteiger partial charge in [-0.25, -0.2) is 4.79 Å². The molecule has 7 heteroatoms. The zero-order valence-electron chi connectivity index (χ0n) is 15.2. The fourth-order valence-electron chi connectivity index (χ4n) is 4.47. The summed E-state index contributed by atoms with van der Waals surface area (Å²) in [6.07, 6.45) is 9.15. The van der Waals surface area contributed by atoms with Gasteiger partial charge < -0.3 is 14.5 Å². The molecule has 26 heavy (non-hydrogen) atoms. The highest BCUT2D eigenvalue weighted by Crippen LogP contribution is 2.39. The van der Waals surface area contributed by atoms with Crippen molar-refractivity contribution in [1.82, 2.24) is 9.80 Å². The van der Waals surface area contributed by atoms with Crippen LogP contribution in [0.5, 0.6) is 0 Å². The van der Waals surface area contributed by atoms with Crippen LogP contribution in [0, 0.1) is 0 Å². The minimum Gasteiger partial charge on any atom is -0.441 e. The van der Waals surface area contributed by atoms with Crippen molar-refractivity contribution >= 4 is 35.1 Å². The number of thioether (sulfide) groups is 1. The lowest BCUT2D eigenvalue weighted by Gasteiger charge is -2.36. The third-order valence-corrected chi connectivity index (χ3v) is 8.10. The van der Waals surface area contributed by atoms with Gasteiger partial charge in [0.25, 0.3) is 5.91 Å². The maximum atomic E-state index is 12.7. The summed E-state index contributed by atoms with van der Waals surface area (Å²) in [5.74, 6) is 0.126. The monoisotopic (exact) mass is 394 g/mol. The number of carbonyl (C=O) groups excluding carboxylic acids is 2. The number of nitrogens with zero attached hydrogens (tertiary/aromatic N) is 2. The first-order chi connectivity index (χ1) is 12.6. The van der Waals surface area contributed by atoms with Crippen LogP contribution in [0.25, 0.3) is 0 Å². The molecule has 2 aliphatic heterocycles. The van der Waals surface area contributed by atoms with Crippen LogP contribution in [0.3, 0.4) is 0 Å². The van der Waals surface area contributed by atoms with Gasteiger partial charge in [-0.1, -0.05) is 6.42 Å². The molecule has 0 unspecified atom stereocenters. The molecule has 0 radical (unpaired) electrons. The molecule has 1 saturated carbocycles. The molecule has 2 saturated heterocycles. The Hall–Kier alpha value is -1.21. The quantitative estimate of drug-likeness (QED) is 0.720. The van der Waals surface area contributed by atoms with E-state index in [-0.39, 0.29) is 23.6 Å². The molecular formula is C19H26N2O3S2. The molecule has 3 heterocycles. The number of piperidine rings is 1. The fraction of sp³-hybridized carbons (Fsp3) is 0.684. The Morgan fingerprint density at radius 1 is 1.23 bits per heavy atom. The van der Waals surface area contributed by atoms with E-state index in [1.165, 1.54) is 10.6 Å². The molecule has 1 aliphatic carbocycles. The average Bonchev–Trinajstić information content (AvgIpc) is 3.27. The highest BCUT2D eigenvalue weighted by Gasteiger charge is 2.48. The van der Waals surface area contributed by atoms with Crippen molar-refractivity contribution in [2.24, 2.45) is 0 Å². The molecule has 3 fully saturated rings. The van der Waals surface area contributed by atoms with E-state index in [1.807, 2.05) is 28.2 Å². The van der Waals surface area contributed by atoms with E-state index >= 15 is 0 Å². The number of amides is 2. The number of carbonyl (C=O) groups is 2. The Morgan fingerprint density at radius 2 is 1.96 bits per heavy atom. The number of hydrogen-bond acceptors (Lipinski definition) is 5. The molecule has 0 N–H and O–H groups in total. The van der Waals surface area contributed by atoms with E-state index < -0.39 is 0 Å². The predicted molar refractivity (Wildman–Crippen MR) is 104 cm³/mol. The van der Waals surface area contributed by atoms with Crippen LogP contribution in [-0.4, -0.2) is 59.3 Å². The van der Waals surface area contributed by atoms with Crippen molar-refractivity contribution in [1.29, 1.82) is 0 Å². The van der Waals surface area contributed by atoms with E-state index in [1.54, 1.807) is 23.1 Å². The van der Waals surface area contributed by atoms with Gasteiger partial charge in [0.15, 0.2) is 0 Å². The van der Waals surface area contributed by atoms with E-state index in [2.05, 4.69) is 0 Å². The Morgan fingerprint density at radius 3 is 2.62 bits per heavy atom. The molecule has 0 atom stereocenters. The zero-order valence-corrected chi connectivity index (χ0v) is 16.9. The predicted octanol–water partition coefficient (Wildman–Crippen LogP) is 4.23. The van der Waals surface area contributed by atoms with Gasteiger partial charge in [0, 0.05) is 19.1 Å². The summed E-state index contributed by atoms with van der Waals surface area (Å²) in [6.45, 7) is 2.17. The van der Waals surface area contributed by atoms with Crippen molar-refractivity contribution in [3.8, 4) is 0 Å². The molecule has 0 bridgehead atoms. The van der Waals surface area contributed by atoms with Gasteiger partial charge in [-0.15, -0.1) is 23.1 Å². The number of likely N-dealkylation sites (tertiary alicyclic amines) is 1. The Kier molecular flexibility index (Phi) is 5.19. The van der Waals surface area contributed by atoms with Crippen molar-refractivity contribution in [2.45, 2.75) is 60.8 Å². The van der Waals surface area contributed by atoms with Gasteiger partial charge in [-0.05, 0) is 56.9 Å². The highest BCUT2D eigenvalue weighted by molar-refractivity contribution is 8.00. The van der Waals surface area contributed by atoms with Crippen LogP contribution in [0.2, 0.25) is 0 Å². The molecule has 142 valence electrons. The van der Waals surface area contributed by atoms with E-state index in [0.717, 1.165) is 49.9 Å². The van der Waals surface area contributed by atoms with Crippen LogP contribution in [0.4, 0.5) is 4.79 Å². The summed E-state index contributed by atoms with van der Waals surface area (Å²) in [5.41, 5.74) is -0.229. The molecule has 4 rings (SSSR count). The molecule has 1 spiro atoms. The van der Waals surface area contributed by atoms with E-state index in [9.17, 15) is 9.59 Å². The summed E-state index contributed by atoms with van der Waals surface area (Å²) >= 11 is 3.23. The second-order valence-electron chi connectivity index (χ2n) is 7.59. The van der Waals surface area contributed by atoms with Gasteiger partial charge in [0.2, 0.25) is 0 Å². The normalized spacial score (nSPS) is 23.5. The molecule has 2 amide bonds. The van der Waals surface area contributed by atoms with Crippen molar-refractivity contribution in [3.63, 3.8) is 0 Å². The number of hydrogen-bond donors (Lipinski definition) is 0. The largest absolute Gasteiger partial charge is 0.441 e. The van der Waals surface area contributed by atoms with Gasteiger partial charge >= 0.3 is 6.09 Å². The summed E-state index contributed by atoms with van der Waals surface area (Å²) in [7, 11) is 0. The third kappa shape index (κ3) is 3.48. The fourth-order valence-corrected chi connectivity index (χ4v) is 5.98. The number of thiophene rings is 1. The maximum Gasteiger partial charge on any atom is 0.410 e. The third-order valence-electron chi connectivity index (χ3n) is 5.95. The summed E-state index contributed by atoms with van der Waals surface area (Å²) in [4.78, 5) is 29.8. The molecule has 1 aromatic heterocycles. The first-order valence-electron chi connectivity index (χ1n) is 9.53. The zero-order chi connectivity index (χ0) is 18.1. The van der Waals surface area contributed by atoms with Crippen molar-refractivity contribution in [3.05, 3.63) is 17.0 Å². The van der Waals surface area contributed by atoms with Gasteiger partial charge in [-0.3, -0.25) is 4.79 Å². The Bertz CT molecular complexity index is 676. The summed E-state index contributed by atoms with van der Waals surface area (Å²) < 4.78 is 6.99. The first-order valence-corrected chi connectivity index (χ1v) is 11.6. The summed E-state index contributed by atoms with van der Waals surface area (Å²) in [6, 6.07) is 4.15. The van der Waals surface area contributed by atoms with Crippen molar-refractivity contribution < 1.29 is 14.3 Å². The van der Waals surface area contributed by atoms with Gasteiger partial charge in [0.1, 0.15) is 5.60 Å². The smallest absolute Gasteiger partial charge is 0.410 e. The van der Waals surface area contributed by atoms with Crippen LogP contribution >= 0.6 is 23.1 Å². The molecular weight excluding hydrogens is 368 g/mol. The van der Waals surface area contributed by atoms with Crippen LogP contribution in [0.1, 0.15) is 54.6 Å². The Balaban J connectivity index is 1.34. The highest BCUT2D eigenvalue weighted by atomic mass is 32.2. The average molecular weight is 395 g/mol. The molecule has 1 aromatic rings. The standard InChI is InChI=1S/C19H26N2O3S2/c1-25-16-6-5-15(26-16)17(22)20-11-7-14(8-12-20)21-13-19(24-18(21)23)9-3-2-4-10-19/h5-6,14H,2-4,7-13H2,1H3. The minimum absolute atomic E-state index is 0.126. The molecule has 5 nitrogen and oxygen atoms in total. The lowest BCUT2D eigenvalue weighted by Crippen LogP contribution is -2.48. The van der Waals surface area contributed by atoms with Crippen LogP contribution < -0.4 is 0 Å². The van der Waals surface area contributed by atoms with Gasteiger partial charge in [0.05, 0.1) is 15.6 Å². The summed E-state index contributed by atoms with van der Waals surface area (Å²) in [5, 5.41) is 0. The molecule has 0 aromatic carbocycles. The Labute approximate surface area is 163 Å². The second kappa shape index (κ2) is 7.43. The lowest BCUT2D eigenvalue weighted by molar-refractivity contribution is 0.0259.